The van der Waals surface area contributed by atoms with Crippen molar-refractivity contribution in [3.8, 4) is 22.4 Å². The van der Waals surface area contributed by atoms with Crippen LogP contribution in [0.2, 0.25) is 0 Å². The van der Waals surface area contributed by atoms with E-state index in [4.69, 9.17) is 0 Å². The second-order valence-electron chi connectivity index (χ2n) is 5.64. The van der Waals surface area contributed by atoms with Crippen molar-refractivity contribution in [1.29, 1.82) is 0 Å². The number of pyridine rings is 1. The summed E-state index contributed by atoms with van der Waals surface area (Å²) in [4.78, 5) is 3.83. The molecule has 2 heterocycles. The average molecular weight is 418 g/mol. The molecule has 2 N–H and O–H groups in total. The molecule has 0 aliphatic rings. The van der Waals surface area contributed by atoms with Crippen LogP contribution >= 0.6 is 0 Å². The lowest BCUT2D eigenvalue weighted by atomic mass is 10.0. The van der Waals surface area contributed by atoms with Gasteiger partial charge in [0.2, 0.25) is 10.0 Å². The molecule has 0 radical (unpaired) electrons. The van der Waals surface area contributed by atoms with Crippen LogP contribution < -0.4 is 4.72 Å². The highest BCUT2D eigenvalue weighted by Crippen LogP contribution is 2.36. The molecule has 0 saturated heterocycles. The van der Waals surface area contributed by atoms with Gasteiger partial charge in [0, 0.05) is 24.2 Å². The molecule has 0 saturated carbocycles. The number of rotatable bonds is 5. The second kappa shape index (κ2) is 7.19. The summed E-state index contributed by atoms with van der Waals surface area (Å²) in [5, 5.41) is 6.26. The standard InChI is InChI=1S/C16H11F5N4O2S/c17-11-1-2-12(25-28(26,27)8-16(19,20)21)14(18)13(11)15-10(7-23-24-15)9-3-5-22-6-4-9/h1-7,25H,8H2,(H,23,24). The summed E-state index contributed by atoms with van der Waals surface area (Å²) in [6.07, 6.45) is -0.771. The number of sulfonamides is 1. The molecule has 148 valence electrons. The number of H-pyrrole nitrogens is 1. The molecule has 3 aromatic rings. The Balaban J connectivity index is 2.06. The summed E-state index contributed by atoms with van der Waals surface area (Å²) in [5.74, 6) is -4.68. The van der Waals surface area contributed by atoms with Gasteiger partial charge in [0.1, 0.15) is 11.5 Å². The van der Waals surface area contributed by atoms with E-state index in [-0.39, 0.29) is 11.3 Å². The van der Waals surface area contributed by atoms with E-state index < -0.39 is 44.8 Å². The number of aromatic nitrogens is 3. The van der Waals surface area contributed by atoms with Crippen LogP contribution in [-0.2, 0) is 10.0 Å². The monoisotopic (exact) mass is 418 g/mol. The Morgan fingerprint density at radius 1 is 1.07 bits per heavy atom. The van der Waals surface area contributed by atoms with Crippen molar-refractivity contribution in [3.63, 3.8) is 0 Å². The van der Waals surface area contributed by atoms with E-state index in [1.165, 1.54) is 23.3 Å². The third-order valence-electron chi connectivity index (χ3n) is 3.58. The first-order valence-corrected chi connectivity index (χ1v) is 9.22. The third kappa shape index (κ3) is 4.27. The zero-order valence-electron chi connectivity index (χ0n) is 13.8. The summed E-state index contributed by atoms with van der Waals surface area (Å²) in [6, 6.07) is 4.54. The molecule has 28 heavy (non-hydrogen) atoms. The molecule has 0 bridgehead atoms. The Bertz CT molecular complexity index is 1100. The van der Waals surface area contributed by atoms with Crippen LogP contribution in [-0.4, -0.2) is 35.5 Å². The molecule has 0 fully saturated rings. The highest BCUT2D eigenvalue weighted by molar-refractivity contribution is 7.92. The zero-order chi connectivity index (χ0) is 20.5. The maximum atomic E-state index is 14.8. The normalized spacial score (nSPS) is 12.2. The molecule has 3 rings (SSSR count). The molecule has 0 amide bonds. The van der Waals surface area contributed by atoms with Crippen molar-refractivity contribution < 1.29 is 30.4 Å². The summed E-state index contributed by atoms with van der Waals surface area (Å²) in [7, 11) is -4.95. The average Bonchev–Trinajstić information content (AvgIpc) is 3.05. The van der Waals surface area contributed by atoms with Crippen LogP contribution in [0.5, 0.6) is 0 Å². The zero-order valence-corrected chi connectivity index (χ0v) is 14.6. The highest BCUT2D eigenvalue weighted by atomic mass is 32.2. The van der Waals surface area contributed by atoms with E-state index in [2.05, 4.69) is 15.2 Å². The Morgan fingerprint density at radius 2 is 1.75 bits per heavy atom. The number of nitrogens with zero attached hydrogens (tertiary/aromatic N) is 2. The lowest BCUT2D eigenvalue weighted by Gasteiger charge is -2.13. The molecule has 0 aliphatic carbocycles. The minimum atomic E-state index is -5.03. The van der Waals surface area contributed by atoms with Crippen LogP contribution in [0.1, 0.15) is 0 Å². The van der Waals surface area contributed by atoms with Gasteiger partial charge < -0.3 is 0 Å². The molecule has 2 aromatic heterocycles. The lowest BCUT2D eigenvalue weighted by molar-refractivity contribution is -0.106. The number of aromatic amines is 1. The number of hydrogen-bond acceptors (Lipinski definition) is 4. The van der Waals surface area contributed by atoms with E-state index in [1.54, 1.807) is 12.1 Å². The van der Waals surface area contributed by atoms with Crippen LogP contribution in [0.25, 0.3) is 22.4 Å². The van der Waals surface area contributed by atoms with Crippen LogP contribution in [0.15, 0.2) is 42.9 Å². The summed E-state index contributed by atoms with van der Waals surface area (Å²) < 4.78 is 91.0. The van der Waals surface area contributed by atoms with E-state index in [9.17, 15) is 30.4 Å². The number of benzene rings is 1. The highest BCUT2D eigenvalue weighted by Gasteiger charge is 2.36. The van der Waals surface area contributed by atoms with Gasteiger partial charge in [-0.2, -0.15) is 18.3 Å². The van der Waals surface area contributed by atoms with Crippen molar-refractivity contribution >= 4 is 15.7 Å². The van der Waals surface area contributed by atoms with Crippen molar-refractivity contribution in [2.45, 2.75) is 6.18 Å². The molecular weight excluding hydrogens is 407 g/mol. The van der Waals surface area contributed by atoms with Gasteiger partial charge in [0.05, 0.1) is 11.3 Å². The van der Waals surface area contributed by atoms with Crippen LogP contribution in [0.3, 0.4) is 0 Å². The third-order valence-corrected chi connectivity index (χ3v) is 4.82. The molecule has 0 spiro atoms. The predicted octanol–water partition coefficient (Wildman–Crippen LogP) is 3.72. The van der Waals surface area contributed by atoms with E-state index in [1.807, 2.05) is 0 Å². The van der Waals surface area contributed by atoms with Crippen LogP contribution in [0, 0.1) is 11.6 Å². The SMILES string of the molecule is O=S(=O)(CC(F)(F)F)Nc1ccc(F)c(-c2n[nH]cc2-c2ccncc2)c1F. The van der Waals surface area contributed by atoms with Gasteiger partial charge in [-0.15, -0.1) is 0 Å². The predicted molar refractivity (Wildman–Crippen MR) is 90.6 cm³/mol. The van der Waals surface area contributed by atoms with E-state index >= 15 is 0 Å². The maximum absolute atomic E-state index is 14.8. The molecule has 0 aliphatic heterocycles. The Labute approximate surface area is 155 Å². The second-order valence-corrected chi connectivity index (χ2v) is 7.37. The Morgan fingerprint density at radius 3 is 2.39 bits per heavy atom. The van der Waals surface area contributed by atoms with Gasteiger partial charge in [-0.05, 0) is 29.8 Å². The van der Waals surface area contributed by atoms with Gasteiger partial charge in [0.25, 0.3) is 0 Å². The van der Waals surface area contributed by atoms with Crippen molar-refractivity contribution in [2.24, 2.45) is 0 Å². The van der Waals surface area contributed by atoms with Crippen LogP contribution in [0.4, 0.5) is 27.6 Å². The first-order chi connectivity index (χ1) is 13.1. The fourth-order valence-electron chi connectivity index (χ4n) is 2.50. The van der Waals surface area contributed by atoms with Gasteiger partial charge in [-0.1, -0.05) is 0 Å². The van der Waals surface area contributed by atoms with E-state index in [0.29, 0.717) is 11.6 Å². The van der Waals surface area contributed by atoms with Gasteiger partial charge in [-0.3, -0.25) is 14.8 Å². The quantitative estimate of drug-likeness (QED) is 0.619. The summed E-state index contributed by atoms with van der Waals surface area (Å²) >= 11 is 0. The van der Waals surface area contributed by atoms with Gasteiger partial charge >= 0.3 is 6.18 Å². The molecule has 0 unspecified atom stereocenters. The number of hydrogen-bond donors (Lipinski definition) is 2. The van der Waals surface area contributed by atoms with Gasteiger partial charge in [-0.25, -0.2) is 17.2 Å². The fraction of sp³-hybridized carbons (Fsp3) is 0.125. The maximum Gasteiger partial charge on any atom is 0.404 e. The first kappa shape index (κ1) is 19.7. The van der Waals surface area contributed by atoms with Crippen molar-refractivity contribution in [1.82, 2.24) is 15.2 Å². The minimum absolute atomic E-state index is 0.182. The lowest BCUT2D eigenvalue weighted by Crippen LogP contribution is -2.28. The number of halogens is 5. The number of alkyl halides is 3. The fourth-order valence-corrected chi connectivity index (χ4v) is 3.50. The van der Waals surface area contributed by atoms with E-state index in [0.717, 1.165) is 6.07 Å². The summed E-state index contributed by atoms with van der Waals surface area (Å²) in [5.41, 5.74) is -0.904. The number of anilines is 1. The topological polar surface area (TPSA) is 87.7 Å². The first-order valence-electron chi connectivity index (χ1n) is 7.57. The molecule has 1 aromatic carbocycles. The Hall–Kier alpha value is -3.02. The molecular formula is C16H11F5N4O2S. The number of nitrogens with one attached hydrogen (secondary N) is 2. The molecule has 12 heteroatoms. The minimum Gasteiger partial charge on any atom is -0.284 e. The van der Waals surface area contributed by atoms with Crippen molar-refractivity contribution in [3.05, 3.63) is 54.5 Å². The molecule has 0 atom stereocenters. The smallest absolute Gasteiger partial charge is 0.284 e. The van der Waals surface area contributed by atoms with Gasteiger partial charge in [0.15, 0.2) is 11.6 Å². The summed E-state index contributed by atoms with van der Waals surface area (Å²) in [6.45, 7) is 0. The Kier molecular flexibility index (Phi) is 5.06. The molecule has 6 nitrogen and oxygen atoms in total. The largest absolute Gasteiger partial charge is 0.404 e. The van der Waals surface area contributed by atoms with Crippen molar-refractivity contribution in [2.75, 3.05) is 10.5 Å².